The average Bonchev–Trinajstić information content (AvgIpc) is 3.01. The molecule has 1 heterocycles. The summed E-state index contributed by atoms with van der Waals surface area (Å²) in [5, 5.41) is 2.75. The van der Waals surface area contributed by atoms with E-state index in [1.165, 1.54) is 12.6 Å². The fraction of sp³-hybridized carbons (Fsp3) is 0.286. The van der Waals surface area contributed by atoms with Crippen LogP contribution >= 0.6 is 0 Å². The minimum absolute atomic E-state index is 0.206. The molecule has 1 N–H and O–H groups in total. The van der Waals surface area contributed by atoms with E-state index in [1.54, 1.807) is 14.2 Å². The van der Waals surface area contributed by atoms with Crippen molar-refractivity contribution in [1.29, 1.82) is 0 Å². The van der Waals surface area contributed by atoms with Crippen LogP contribution in [-0.4, -0.2) is 31.7 Å². The third-order valence-corrected chi connectivity index (χ3v) is 2.80. The van der Waals surface area contributed by atoms with Gasteiger partial charge in [-0.05, 0) is 24.1 Å². The fourth-order valence-electron chi connectivity index (χ4n) is 1.77. The largest absolute Gasteiger partial charge is 0.493 e. The number of nitrogens with one attached hydrogen (secondary N) is 1. The Morgan fingerprint density at radius 1 is 1.30 bits per heavy atom. The van der Waals surface area contributed by atoms with Gasteiger partial charge >= 0.3 is 0 Å². The molecule has 2 aromatic rings. The fourth-order valence-corrected chi connectivity index (χ4v) is 1.77. The molecule has 0 unspecified atom stereocenters. The first kappa shape index (κ1) is 13.9. The first-order chi connectivity index (χ1) is 9.74. The molecule has 0 fully saturated rings. The van der Waals surface area contributed by atoms with Gasteiger partial charge in [0, 0.05) is 6.54 Å². The van der Waals surface area contributed by atoms with Gasteiger partial charge in [0.1, 0.15) is 0 Å². The van der Waals surface area contributed by atoms with Gasteiger partial charge in [0.2, 0.25) is 5.76 Å². The Morgan fingerprint density at radius 2 is 2.10 bits per heavy atom. The summed E-state index contributed by atoms with van der Waals surface area (Å²) in [6, 6.07) is 5.66. The number of hydrogen-bond acceptors (Lipinski definition) is 5. The van der Waals surface area contributed by atoms with E-state index in [0.717, 1.165) is 5.56 Å². The zero-order chi connectivity index (χ0) is 14.4. The molecule has 0 radical (unpaired) electrons. The van der Waals surface area contributed by atoms with Crippen LogP contribution in [0.2, 0.25) is 0 Å². The second-order valence-electron chi connectivity index (χ2n) is 4.06. The van der Waals surface area contributed by atoms with Gasteiger partial charge in [-0.1, -0.05) is 6.07 Å². The number of methoxy groups -OCH3 is 2. The number of rotatable bonds is 6. The molecule has 0 atom stereocenters. The summed E-state index contributed by atoms with van der Waals surface area (Å²) in [5.41, 5.74) is 1.04. The van der Waals surface area contributed by atoms with Crippen LogP contribution in [0, 0.1) is 0 Å². The molecule has 0 saturated carbocycles. The Kier molecular flexibility index (Phi) is 4.60. The maximum absolute atomic E-state index is 11.6. The molecule has 0 bridgehead atoms. The third-order valence-electron chi connectivity index (χ3n) is 2.80. The molecule has 6 nitrogen and oxygen atoms in total. The molecular formula is C14H16N2O4. The minimum atomic E-state index is -0.275. The molecule has 0 aliphatic heterocycles. The number of amides is 1. The molecule has 1 aromatic heterocycles. The van der Waals surface area contributed by atoms with Gasteiger partial charge in [-0.3, -0.25) is 4.79 Å². The van der Waals surface area contributed by atoms with Crippen molar-refractivity contribution in [3.05, 3.63) is 42.1 Å². The number of hydrogen-bond donors (Lipinski definition) is 1. The van der Waals surface area contributed by atoms with E-state index in [-0.39, 0.29) is 11.7 Å². The summed E-state index contributed by atoms with van der Waals surface area (Å²) in [7, 11) is 3.18. The molecule has 1 amide bonds. The molecule has 106 valence electrons. The number of oxazole rings is 1. The van der Waals surface area contributed by atoms with E-state index in [0.29, 0.717) is 24.5 Å². The average molecular weight is 276 g/mol. The Hall–Kier alpha value is -2.50. The SMILES string of the molecule is COc1ccc(CCNC(=O)c2cnco2)cc1OC. The van der Waals surface area contributed by atoms with Crippen LogP contribution in [0.3, 0.4) is 0 Å². The summed E-state index contributed by atoms with van der Waals surface area (Å²) < 4.78 is 15.3. The number of ether oxygens (including phenoxy) is 2. The second kappa shape index (κ2) is 6.60. The first-order valence-electron chi connectivity index (χ1n) is 6.12. The van der Waals surface area contributed by atoms with Crippen LogP contribution in [0.4, 0.5) is 0 Å². The van der Waals surface area contributed by atoms with Crippen LogP contribution in [0.5, 0.6) is 11.5 Å². The van der Waals surface area contributed by atoms with Crippen molar-refractivity contribution in [3.8, 4) is 11.5 Å². The summed E-state index contributed by atoms with van der Waals surface area (Å²) >= 11 is 0. The number of carbonyl (C=O) groups excluding carboxylic acids is 1. The highest BCUT2D eigenvalue weighted by atomic mass is 16.5. The highest BCUT2D eigenvalue weighted by Gasteiger charge is 2.09. The van der Waals surface area contributed by atoms with Crippen molar-refractivity contribution in [2.75, 3.05) is 20.8 Å². The monoisotopic (exact) mass is 276 g/mol. The predicted molar refractivity (Wildman–Crippen MR) is 72.1 cm³/mol. The standard InChI is InChI=1S/C14H16N2O4/c1-18-11-4-3-10(7-12(11)19-2)5-6-16-14(17)13-8-15-9-20-13/h3-4,7-9H,5-6H2,1-2H3,(H,16,17). The van der Waals surface area contributed by atoms with E-state index in [4.69, 9.17) is 13.9 Å². The molecule has 0 aliphatic rings. The van der Waals surface area contributed by atoms with Crippen LogP contribution in [0.25, 0.3) is 0 Å². The van der Waals surface area contributed by atoms with Crippen molar-refractivity contribution in [1.82, 2.24) is 10.3 Å². The molecular weight excluding hydrogens is 260 g/mol. The second-order valence-corrected chi connectivity index (χ2v) is 4.06. The molecule has 0 aliphatic carbocycles. The topological polar surface area (TPSA) is 73.6 Å². The third kappa shape index (κ3) is 3.28. The molecule has 20 heavy (non-hydrogen) atoms. The summed E-state index contributed by atoms with van der Waals surface area (Å²) in [6.45, 7) is 0.495. The molecule has 1 aromatic carbocycles. The Morgan fingerprint density at radius 3 is 2.75 bits per heavy atom. The van der Waals surface area contributed by atoms with Crippen molar-refractivity contribution in [2.45, 2.75) is 6.42 Å². The van der Waals surface area contributed by atoms with E-state index in [1.807, 2.05) is 18.2 Å². The quantitative estimate of drug-likeness (QED) is 0.868. The Labute approximate surface area is 116 Å². The highest BCUT2D eigenvalue weighted by Crippen LogP contribution is 2.27. The van der Waals surface area contributed by atoms with Crippen LogP contribution < -0.4 is 14.8 Å². The normalized spacial score (nSPS) is 10.1. The lowest BCUT2D eigenvalue weighted by atomic mass is 10.1. The lowest BCUT2D eigenvalue weighted by Gasteiger charge is -2.09. The van der Waals surface area contributed by atoms with Crippen LogP contribution in [0.15, 0.2) is 35.2 Å². The maximum Gasteiger partial charge on any atom is 0.288 e. The minimum Gasteiger partial charge on any atom is -0.493 e. The Bertz CT molecular complexity index is 567. The van der Waals surface area contributed by atoms with Gasteiger partial charge in [0.25, 0.3) is 5.91 Å². The molecule has 0 saturated heterocycles. The zero-order valence-electron chi connectivity index (χ0n) is 11.4. The van der Waals surface area contributed by atoms with Gasteiger partial charge in [-0.2, -0.15) is 0 Å². The number of aromatic nitrogens is 1. The summed E-state index contributed by atoms with van der Waals surface area (Å²) in [6.07, 6.45) is 3.29. The molecule has 0 spiro atoms. The lowest BCUT2D eigenvalue weighted by Crippen LogP contribution is -2.25. The molecule has 2 rings (SSSR count). The van der Waals surface area contributed by atoms with E-state index >= 15 is 0 Å². The smallest absolute Gasteiger partial charge is 0.288 e. The highest BCUT2D eigenvalue weighted by molar-refractivity contribution is 5.90. The summed E-state index contributed by atoms with van der Waals surface area (Å²) in [5.74, 6) is 1.29. The van der Waals surface area contributed by atoms with E-state index in [2.05, 4.69) is 10.3 Å². The van der Waals surface area contributed by atoms with Gasteiger partial charge in [-0.25, -0.2) is 4.98 Å². The van der Waals surface area contributed by atoms with Gasteiger partial charge in [-0.15, -0.1) is 0 Å². The van der Waals surface area contributed by atoms with Crippen molar-refractivity contribution in [3.63, 3.8) is 0 Å². The van der Waals surface area contributed by atoms with E-state index in [9.17, 15) is 4.79 Å². The predicted octanol–water partition coefficient (Wildman–Crippen LogP) is 1.66. The van der Waals surface area contributed by atoms with Gasteiger partial charge in [0.05, 0.1) is 20.4 Å². The molecule has 6 heteroatoms. The Balaban J connectivity index is 1.89. The van der Waals surface area contributed by atoms with Crippen LogP contribution in [0.1, 0.15) is 16.1 Å². The number of nitrogens with zero attached hydrogens (tertiary/aromatic N) is 1. The maximum atomic E-state index is 11.6. The lowest BCUT2D eigenvalue weighted by molar-refractivity contribution is 0.0926. The van der Waals surface area contributed by atoms with Crippen molar-refractivity contribution in [2.24, 2.45) is 0 Å². The van der Waals surface area contributed by atoms with E-state index < -0.39 is 0 Å². The number of carbonyl (C=O) groups is 1. The number of benzene rings is 1. The van der Waals surface area contributed by atoms with Crippen molar-refractivity contribution < 1.29 is 18.7 Å². The van der Waals surface area contributed by atoms with Crippen molar-refractivity contribution >= 4 is 5.91 Å². The van der Waals surface area contributed by atoms with Crippen LogP contribution in [-0.2, 0) is 6.42 Å². The zero-order valence-corrected chi connectivity index (χ0v) is 11.4. The van der Waals surface area contributed by atoms with Gasteiger partial charge < -0.3 is 19.2 Å². The van der Waals surface area contributed by atoms with Gasteiger partial charge in [0.15, 0.2) is 17.9 Å². The first-order valence-corrected chi connectivity index (χ1v) is 6.12. The summed E-state index contributed by atoms with van der Waals surface area (Å²) in [4.78, 5) is 15.3.